The molecule has 1 heterocycles. The van der Waals surface area contributed by atoms with Gasteiger partial charge in [0, 0.05) is 31.3 Å². The van der Waals surface area contributed by atoms with E-state index in [1.165, 1.54) is 4.90 Å². The normalized spacial score (nSPS) is 12.8. The summed E-state index contributed by atoms with van der Waals surface area (Å²) >= 11 is 0. The first-order valence-corrected chi connectivity index (χ1v) is 10.8. The highest BCUT2D eigenvalue weighted by molar-refractivity contribution is 14.0. The number of unbranched alkanes of at least 4 members (excludes halogenated alkanes) is 1. The Hall–Kier alpha value is -2.82. The van der Waals surface area contributed by atoms with E-state index in [2.05, 4.69) is 15.6 Å². The van der Waals surface area contributed by atoms with Gasteiger partial charge in [0.05, 0.1) is 31.9 Å². The summed E-state index contributed by atoms with van der Waals surface area (Å²) < 4.78 is 10.7. The second kappa shape index (κ2) is 13.0. The minimum absolute atomic E-state index is 0. The number of nitrogens with one attached hydrogen (secondary N) is 2. The van der Waals surface area contributed by atoms with E-state index in [4.69, 9.17) is 9.47 Å². The van der Waals surface area contributed by atoms with Gasteiger partial charge in [-0.1, -0.05) is 12.1 Å². The van der Waals surface area contributed by atoms with Crippen molar-refractivity contribution in [3.05, 3.63) is 59.2 Å². The zero-order valence-electron chi connectivity index (χ0n) is 19.2. The molecule has 0 aromatic heterocycles. The lowest BCUT2D eigenvalue weighted by Gasteiger charge is -2.15. The molecule has 0 unspecified atom stereocenters. The lowest BCUT2D eigenvalue weighted by molar-refractivity contribution is 0.0652. The van der Waals surface area contributed by atoms with Gasteiger partial charge in [-0.05, 0) is 44.0 Å². The molecule has 178 valence electrons. The lowest BCUT2D eigenvalue weighted by atomic mass is 10.1. The highest BCUT2D eigenvalue weighted by Crippen LogP contribution is 2.25. The Morgan fingerprint density at radius 2 is 1.67 bits per heavy atom. The van der Waals surface area contributed by atoms with Gasteiger partial charge in [-0.2, -0.15) is 0 Å². The Bertz CT molecular complexity index is 961. The van der Waals surface area contributed by atoms with E-state index in [-0.39, 0.29) is 35.8 Å². The number of guanidine groups is 1. The molecule has 0 atom stereocenters. The summed E-state index contributed by atoms with van der Waals surface area (Å²) in [4.78, 5) is 30.8. The highest BCUT2D eigenvalue weighted by atomic mass is 127. The fourth-order valence-corrected chi connectivity index (χ4v) is 3.53. The zero-order valence-corrected chi connectivity index (χ0v) is 21.6. The summed E-state index contributed by atoms with van der Waals surface area (Å²) in [6.07, 6.45) is 1.51. The second-order valence-electron chi connectivity index (χ2n) is 7.31. The van der Waals surface area contributed by atoms with Crippen molar-refractivity contribution in [3.8, 4) is 11.5 Å². The van der Waals surface area contributed by atoms with Crippen molar-refractivity contribution in [1.29, 1.82) is 0 Å². The number of ether oxygens (including phenoxy) is 2. The standard InChI is InChI=1S/C24H30N4O4.HI/c1-4-25-24(27-16-17-11-12-18(31-2)15-21(17)32-3)26-13-7-8-14-28-22(29)19-9-5-6-10-20(19)23(28)30;/h5-6,9-12,15H,4,7-8,13-14,16H2,1-3H3,(H2,25,26,27);1H. The summed E-state index contributed by atoms with van der Waals surface area (Å²) in [7, 11) is 3.24. The maximum absolute atomic E-state index is 12.4. The number of carbonyl (C=O) groups is 2. The molecule has 0 aliphatic carbocycles. The molecule has 2 N–H and O–H groups in total. The van der Waals surface area contributed by atoms with Crippen LogP contribution in [0.2, 0.25) is 0 Å². The Balaban J connectivity index is 0.00000385. The molecule has 2 aromatic rings. The van der Waals surface area contributed by atoms with Gasteiger partial charge in [-0.3, -0.25) is 14.5 Å². The minimum atomic E-state index is -0.207. The predicted octanol–water partition coefficient (Wildman–Crippen LogP) is 3.45. The number of amides is 2. The average molecular weight is 566 g/mol. The molecule has 2 aromatic carbocycles. The van der Waals surface area contributed by atoms with Crippen LogP contribution >= 0.6 is 24.0 Å². The van der Waals surface area contributed by atoms with E-state index in [0.29, 0.717) is 43.1 Å². The van der Waals surface area contributed by atoms with Gasteiger partial charge >= 0.3 is 0 Å². The van der Waals surface area contributed by atoms with Crippen LogP contribution < -0.4 is 20.1 Å². The van der Waals surface area contributed by atoms with Gasteiger partial charge in [0.25, 0.3) is 11.8 Å². The molecular formula is C24H31IN4O4. The third-order valence-electron chi connectivity index (χ3n) is 5.23. The van der Waals surface area contributed by atoms with E-state index in [1.807, 2.05) is 25.1 Å². The van der Waals surface area contributed by atoms with Crippen molar-refractivity contribution in [3.63, 3.8) is 0 Å². The molecule has 1 aliphatic heterocycles. The summed E-state index contributed by atoms with van der Waals surface area (Å²) in [6.45, 7) is 4.28. The first kappa shape index (κ1) is 26.4. The Morgan fingerprint density at radius 1 is 0.970 bits per heavy atom. The van der Waals surface area contributed by atoms with E-state index in [0.717, 1.165) is 30.0 Å². The summed E-state index contributed by atoms with van der Waals surface area (Å²) in [5.41, 5.74) is 1.94. The third-order valence-corrected chi connectivity index (χ3v) is 5.23. The Kier molecular flexibility index (Phi) is 10.4. The van der Waals surface area contributed by atoms with Crippen molar-refractivity contribution >= 4 is 41.8 Å². The number of rotatable bonds is 10. The van der Waals surface area contributed by atoms with Crippen LogP contribution in [0.3, 0.4) is 0 Å². The van der Waals surface area contributed by atoms with Crippen LogP contribution in [0, 0.1) is 0 Å². The molecule has 8 nitrogen and oxygen atoms in total. The summed E-state index contributed by atoms with van der Waals surface area (Å²) in [5, 5.41) is 6.53. The third kappa shape index (κ3) is 6.59. The van der Waals surface area contributed by atoms with Gasteiger partial charge in [0.15, 0.2) is 5.96 Å². The Labute approximate surface area is 211 Å². The monoisotopic (exact) mass is 566 g/mol. The first-order chi connectivity index (χ1) is 15.6. The number of aliphatic imine (C=N–C) groups is 1. The van der Waals surface area contributed by atoms with Crippen LogP contribution in [0.5, 0.6) is 11.5 Å². The maximum Gasteiger partial charge on any atom is 0.261 e. The number of carbonyl (C=O) groups excluding carboxylic acids is 2. The highest BCUT2D eigenvalue weighted by Gasteiger charge is 2.34. The van der Waals surface area contributed by atoms with Gasteiger partial charge in [0.2, 0.25) is 0 Å². The van der Waals surface area contributed by atoms with Crippen LogP contribution in [0.4, 0.5) is 0 Å². The van der Waals surface area contributed by atoms with E-state index in [9.17, 15) is 9.59 Å². The van der Waals surface area contributed by atoms with Crippen molar-refractivity contribution < 1.29 is 19.1 Å². The second-order valence-corrected chi connectivity index (χ2v) is 7.31. The molecule has 0 bridgehead atoms. The summed E-state index contributed by atoms with van der Waals surface area (Å²) in [6, 6.07) is 12.6. The zero-order chi connectivity index (χ0) is 22.9. The Morgan fingerprint density at radius 3 is 2.27 bits per heavy atom. The predicted molar refractivity (Wildman–Crippen MR) is 139 cm³/mol. The van der Waals surface area contributed by atoms with Crippen LogP contribution in [-0.4, -0.2) is 56.5 Å². The number of nitrogens with zero attached hydrogens (tertiary/aromatic N) is 2. The number of hydrogen-bond acceptors (Lipinski definition) is 5. The molecule has 0 spiro atoms. The molecule has 1 aliphatic rings. The fraction of sp³-hybridized carbons (Fsp3) is 0.375. The molecule has 0 saturated carbocycles. The molecule has 0 radical (unpaired) electrons. The van der Waals surface area contributed by atoms with Gasteiger partial charge in [0.1, 0.15) is 11.5 Å². The van der Waals surface area contributed by atoms with Crippen molar-refractivity contribution in [2.45, 2.75) is 26.3 Å². The number of benzene rings is 2. The van der Waals surface area contributed by atoms with Crippen LogP contribution in [0.15, 0.2) is 47.5 Å². The minimum Gasteiger partial charge on any atom is -0.497 e. The van der Waals surface area contributed by atoms with Crippen LogP contribution in [0.25, 0.3) is 0 Å². The van der Waals surface area contributed by atoms with Crippen molar-refractivity contribution in [1.82, 2.24) is 15.5 Å². The van der Waals surface area contributed by atoms with Crippen LogP contribution in [-0.2, 0) is 6.54 Å². The molecule has 3 rings (SSSR count). The van der Waals surface area contributed by atoms with Crippen molar-refractivity contribution in [2.24, 2.45) is 4.99 Å². The fourth-order valence-electron chi connectivity index (χ4n) is 3.53. The van der Waals surface area contributed by atoms with E-state index < -0.39 is 0 Å². The van der Waals surface area contributed by atoms with Gasteiger partial charge in [-0.25, -0.2) is 4.99 Å². The molecule has 33 heavy (non-hydrogen) atoms. The van der Waals surface area contributed by atoms with E-state index >= 15 is 0 Å². The molecule has 2 amide bonds. The lowest BCUT2D eigenvalue weighted by Crippen LogP contribution is -2.38. The first-order valence-electron chi connectivity index (χ1n) is 10.8. The molecular weight excluding hydrogens is 535 g/mol. The maximum atomic E-state index is 12.4. The smallest absolute Gasteiger partial charge is 0.261 e. The number of fused-ring (bicyclic) bond motifs is 1. The number of imide groups is 1. The van der Waals surface area contributed by atoms with Gasteiger partial charge in [-0.15, -0.1) is 24.0 Å². The van der Waals surface area contributed by atoms with E-state index in [1.54, 1.807) is 38.5 Å². The number of hydrogen-bond donors (Lipinski definition) is 2. The molecule has 0 fully saturated rings. The van der Waals surface area contributed by atoms with Crippen LogP contribution in [0.1, 0.15) is 46.0 Å². The topological polar surface area (TPSA) is 92.3 Å². The largest absolute Gasteiger partial charge is 0.497 e. The quantitative estimate of drug-likeness (QED) is 0.151. The molecule has 0 saturated heterocycles. The van der Waals surface area contributed by atoms with Crippen molar-refractivity contribution in [2.75, 3.05) is 33.9 Å². The average Bonchev–Trinajstić information content (AvgIpc) is 3.07. The summed E-state index contributed by atoms with van der Waals surface area (Å²) in [5.74, 6) is 1.75. The van der Waals surface area contributed by atoms with Gasteiger partial charge < -0.3 is 20.1 Å². The SMILES string of the molecule is CCNC(=NCc1ccc(OC)cc1OC)NCCCCN1C(=O)c2ccccc2C1=O.I. The number of halogens is 1. The molecule has 9 heteroatoms. The number of methoxy groups -OCH3 is 2.